The van der Waals surface area contributed by atoms with Gasteiger partial charge in [-0.05, 0) is 43.9 Å². The average Bonchev–Trinajstić information content (AvgIpc) is 2.69. The topological polar surface area (TPSA) is 40.8 Å². The molecular formula is C15H19N3. The zero-order valence-corrected chi connectivity index (χ0v) is 11.2. The lowest BCUT2D eigenvalue weighted by molar-refractivity contribution is 0.424. The molecule has 2 aromatic rings. The van der Waals surface area contributed by atoms with Crippen LogP contribution < -0.4 is 5.32 Å². The van der Waals surface area contributed by atoms with E-state index in [9.17, 15) is 0 Å². The van der Waals surface area contributed by atoms with Crippen LogP contribution in [0, 0.1) is 11.3 Å². The van der Waals surface area contributed by atoms with Crippen molar-refractivity contribution in [1.29, 1.82) is 5.26 Å². The van der Waals surface area contributed by atoms with Crippen molar-refractivity contribution in [3.05, 3.63) is 36.0 Å². The van der Waals surface area contributed by atoms with Crippen LogP contribution in [0.4, 0.5) is 0 Å². The highest BCUT2D eigenvalue weighted by Gasteiger charge is 2.09. The molecule has 0 radical (unpaired) electrons. The van der Waals surface area contributed by atoms with Gasteiger partial charge in [0.15, 0.2) is 0 Å². The van der Waals surface area contributed by atoms with Gasteiger partial charge in [-0.25, -0.2) is 0 Å². The van der Waals surface area contributed by atoms with Crippen LogP contribution >= 0.6 is 0 Å². The Hall–Kier alpha value is -1.79. The van der Waals surface area contributed by atoms with Crippen LogP contribution in [0.1, 0.15) is 26.3 Å². The lowest BCUT2D eigenvalue weighted by Gasteiger charge is -2.20. The molecule has 0 amide bonds. The van der Waals surface area contributed by atoms with Crippen molar-refractivity contribution in [2.45, 2.75) is 39.4 Å². The first kappa shape index (κ1) is 12.7. The van der Waals surface area contributed by atoms with Gasteiger partial charge < -0.3 is 9.88 Å². The van der Waals surface area contributed by atoms with Crippen LogP contribution in [0.5, 0.6) is 0 Å². The monoisotopic (exact) mass is 241 g/mol. The number of aromatic nitrogens is 1. The van der Waals surface area contributed by atoms with Gasteiger partial charge in [0.1, 0.15) is 6.54 Å². The van der Waals surface area contributed by atoms with Gasteiger partial charge in [-0.2, -0.15) is 5.26 Å². The Morgan fingerprint density at radius 1 is 1.28 bits per heavy atom. The first-order valence-electron chi connectivity index (χ1n) is 6.19. The maximum Gasteiger partial charge on any atom is 0.110 e. The highest BCUT2D eigenvalue weighted by molar-refractivity contribution is 5.80. The molecule has 0 aliphatic carbocycles. The number of fused-ring (bicyclic) bond motifs is 1. The van der Waals surface area contributed by atoms with E-state index in [1.165, 1.54) is 10.9 Å². The summed E-state index contributed by atoms with van der Waals surface area (Å²) in [5.74, 6) is 0. The van der Waals surface area contributed by atoms with E-state index in [4.69, 9.17) is 5.26 Å². The molecule has 94 valence electrons. The third-order valence-electron chi connectivity index (χ3n) is 2.90. The van der Waals surface area contributed by atoms with Crippen LogP contribution in [-0.2, 0) is 13.1 Å². The summed E-state index contributed by atoms with van der Waals surface area (Å²) in [6.45, 7) is 7.72. The number of nitriles is 1. The molecule has 2 rings (SSSR count). The maximum absolute atomic E-state index is 8.79. The van der Waals surface area contributed by atoms with E-state index in [1.807, 2.05) is 16.8 Å². The van der Waals surface area contributed by atoms with E-state index in [-0.39, 0.29) is 5.54 Å². The predicted octanol–water partition coefficient (Wildman–Crippen LogP) is 3.05. The normalized spacial score (nSPS) is 11.7. The molecule has 1 aromatic heterocycles. The Kier molecular flexibility index (Phi) is 3.40. The van der Waals surface area contributed by atoms with E-state index in [2.05, 4.69) is 50.4 Å². The minimum Gasteiger partial charge on any atom is -0.334 e. The summed E-state index contributed by atoms with van der Waals surface area (Å²) >= 11 is 0. The molecule has 0 aliphatic rings. The molecule has 0 bridgehead atoms. The van der Waals surface area contributed by atoms with E-state index < -0.39 is 0 Å². The molecule has 1 aromatic carbocycles. The minimum atomic E-state index is 0.115. The van der Waals surface area contributed by atoms with Crippen molar-refractivity contribution in [2.75, 3.05) is 0 Å². The molecule has 3 heteroatoms. The van der Waals surface area contributed by atoms with Gasteiger partial charge in [-0.1, -0.05) is 12.1 Å². The van der Waals surface area contributed by atoms with Gasteiger partial charge >= 0.3 is 0 Å². The van der Waals surface area contributed by atoms with Gasteiger partial charge in [0.25, 0.3) is 0 Å². The van der Waals surface area contributed by atoms with Crippen molar-refractivity contribution in [2.24, 2.45) is 0 Å². The van der Waals surface area contributed by atoms with Crippen molar-refractivity contribution < 1.29 is 0 Å². The molecule has 0 fully saturated rings. The molecular weight excluding hydrogens is 222 g/mol. The van der Waals surface area contributed by atoms with Crippen molar-refractivity contribution in [3.8, 4) is 6.07 Å². The van der Waals surface area contributed by atoms with Gasteiger partial charge in [0.05, 0.1) is 6.07 Å². The molecule has 0 saturated heterocycles. The van der Waals surface area contributed by atoms with E-state index in [0.717, 1.165) is 12.1 Å². The van der Waals surface area contributed by atoms with Gasteiger partial charge in [-0.3, -0.25) is 0 Å². The summed E-state index contributed by atoms with van der Waals surface area (Å²) in [7, 11) is 0. The fourth-order valence-corrected chi connectivity index (χ4v) is 1.92. The van der Waals surface area contributed by atoms with Crippen LogP contribution in [0.3, 0.4) is 0 Å². The summed E-state index contributed by atoms with van der Waals surface area (Å²) in [6.07, 6.45) is 1.97. The molecule has 0 saturated carbocycles. The smallest absolute Gasteiger partial charge is 0.110 e. The van der Waals surface area contributed by atoms with Crippen LogP contribution in [0.25, 0.3) is 10.9 Å². The number of hydrogen-bond acceptors (Lipinski definition) is 2. The second-order valence-electron chi connectivity index (χ2n) is 5.60. The SMILES string of the molecule is CC(C)(C)NCc1ccc2ccn(CC#N)c2c1. The zero-order valence-electron chi connectivity index (χ0n) is 11.2. The Morgan fingerprint density at radius 2 is 2.06 bits per heavy atom. The predicted molar refractivity (Wildman–Crippen MR) is 74.1 cm³/mol. The Balaban J connectivity index is 2.26. The summed E-state index contributed by atoms with van der Waals surface area (Å²) < 4.78 is 1.98. The van der Waals surface area contributed by atoms with Crippen molar-refractivity contribution in [1.82, 2.24) is 9.88 Å². The second kappa shape index (κ2) is 4.83. The number of nitrogens with zero attached hydrogens (tertiary/aromatic N) is 2. The van der Waals surface area contributed by atoms with Gasteiger partial charge in [0, 0.05) is 23.8 Å². The van der Waals surface area contributed by atoms with Crippen LogP contribution in [0.2, 0.25) is 0 Å². The molecule has 3 nitrogen and oxygen atoms in total. The third-order valence-corrected chi connectivity index (χ3v) is 2.90. The maximum atomic E-state index is 8.79. The molecule has 0 unspecified atom stereocenters. The fraction of sp³-hybridized carbons (Fsp3) is 0.400. The van der Waals surface area contributed by atoms with E-state index in [1.54, 1.807) is 0 Å². The number of benzene rings is 1. The first-order chi connectivity index (χ1) is 8.49. The summed E-state index contributed by atoms with van der Waals surface area (Å²) in [4.78, 5) is 0. The molecule has 0 aliphatic heterocycles. The molecule has 1 heterocycles. The molecule has 1 N–H and O–H groups in total. The Bertz CT molecular complexity index is 582. The van der Waals surface area contributed by atoms with E-state index in [0.29, 0.717) is 6.54 Å². The highest BCUT2D eigenvalue weighted by atomic mass is 15.0. The Morgan fingerprint density at radius 3 is 2.72 bits per heavy atom. The number of hydrogen-bond donors (Lipinski definition) is 1. The van der Waals surface area contributed by atoms with E-state index >= 15 is 0 Å². The van der Waals surface area contributed by atoms with Crippen molar-refractivity contribution >= 4 is 10.9 Å². The fourth-order valence-electron chi connectivity index (χ4n) is 1.92. The zero-order chi connectivity index (χ0) is 13.2. The quantitative estimate of drug-likeness (QED) is 0.897. The lowest BCUT2D eigenvalue weighted by Crippen LogP contribution is -2.35. The second-order valence-corrected chi connectivity index (χ2v) is 5.60. The largest absolute Gasteiger partial charge is 0.334 e. The van der Waals surface area contributed by atoms with Crippen LogP contribution in [-0.4, -0.2) is 10.1 Å². The number of nitrogens with one attached hydrogen (secondary N) is 1. The first-order valence-corrected chi connectivity index (χ1v) is 6.19. The van der Waals surface area contributed by atoms with Gasteiger partial charge in [-0.15, -0.1) is 0 Å². The third kappa shape index (κ3) is 2.91. The Labute approximate surface area is 108 Å². The summed E-state index contributed by atoms with van der Waals surface area (Å²) in [6, 6.07) is 10.6. The minimum absolute atomic E-state index is 0.115. The summed E-state index contributed by atoms with van der Waals surface area (Å²) in [5, 5.41) is 13.5. The highest BCUT2D eigenvalue weighted by Crippen LogP contribution is 2.18. The van der Waals surface area contributed by atoms with Gasteiger partial charge in [0.2, 0.25) is 0 Å². The number of rotatable bonds is 3. The average molecular weight is 241 g/mol. The molecule has 0 atom stereocenters. The summed E-state index contributed by atoms with van der Waals surface area (Å²) in [5.41, 5.74) is 2.49. The molecule has 18 heavy (non-hydrogen) atoms. The van der Waals surface area contributed by atoms with Crippen LogP contribution in [0.15, 0.2) is 30.5 Å². The molecule has 0 spiro atoms. The standard InChI is InChI=1S/C15H19N3/c1-15(2,3)17-11-12-4-5-13-6-8-18(9-7-16)14(13)10-12/h4-6,8,10,17H,9,11H2,1-3H3. The van der Waals surface area contributed by atoms with Crippen molar-refractivity contribution in [3.63, 3.8) is 0 Å². The lowest BCUT2D eigenvalue weighted by atomic mass is 10.1.